The Hall–Kier alpha value is -1.20. The molecule has 0 spiro atoms. The van der Waals surface area contributed by atoms with Crippen molar-refractivity contribution in [1.82, 2.24) is 0 Å². The Morgan fingerprint density at radius 2 is 2.24 bits per heavy atom. The third-order valence-corrected chi connectivity index (χ3v) is 4.32. The monoisotopic (exact) mass is 312 g/mol. The van der Waals surface area contributed by atoms with Gasteiger partial charge in [0.25, 0.3) is 0 Å². The fourth-order valence-electron chi connectivity index (χ4n) is 1.46. The molecule has 0 aliphatic carbocycles. The molecule has 0 fully saturated rings. The molecule has 0 atom stereocenters. The van der Waals surface area contributed by atoms with Crippen LogP contribution in [0.2, 0.25) is 0 Å². The van der Waals surface area contributed by atoms with Crippen LogP contribution < -0.4 is 15.8 Å². The van der Waals surface area contributed by atoms with Crippen molar-refractivity contribution in [3.05, 3.63) is 39.0 Å². The minimum Gasteiger partial charge on any atom is -0.497 e. The molecule has 0 bridgehead atoms. The number of rotatable bonds is 4. The first-order chi connectivity index (χ1) is 8.20. The van der Waals surface area contributed by atoms with E-state index in [-0.39, 0.29) is 0 Å². The Balaban J connectivity index is 2.07. The van der Waals surface area contributed by atoms with Crippen molar-refractivity contribution < 1.29 is 4.74 Å². The van der Waals surface area contributed by atoms with E-state index >= 15 is 0 Å². The van der Waals surface area contributed by atoms with E-state index in [0.717, 1.165) is 22.5 Å². The van der Waals surface area contributed by atoms with Crippen LogP contribution in [0.1, 0.15) is 4.88 Å². The van der Waals surface area contributed by atoms with Crippen molar-refractivity contribution in [3.8, 4) is 5.75 Å². The maximum absolute atomic E-state index is 5.92. The van der Waals surface area contributed by atoms with Gasteiger partial charge in [-0.1, -0.05) is 0 Å². The largest absolute Gasteiger partial charge is 0.497 e. The van der Waals surface area contributed by atoms with Crippen LogP contribution in [-0.4, -0.2) is 7.11 Å². The zero-order valence-electron chi connectivity index (χ0n) is 9.37. The fourth-order valence-corrected chi connectivity index (χ4v) is 2.89. The Bertz CT molecular complexity index is 513. The van der Waals surface area contributed by atoms with E-state index in [1.54, 1.807) is 18.4 Å². The number of nitrogen functional groups attached to an aromatic ring is 1. The molecule has 0 saturated heterocycles. The van der Waals surface area contributed by atoms with Crippen LogP contribution >= 0.6 is 27.3 Å². The lowest BCUT2D eigenvalue weighted by Crippen LogP contribution is -2.01. The Kier molecular flexibility index (Phi) is 3.91. The first-order valence-electron chi connectivity index (χ1n) is 5.10. The van der Waals surface area contributed by atoms with Crippen LogP contribution in [0.25, 0.3) is 0 Å². The summed E-state index contributed by atoms with van der Waals surface area (Å²) in [4.78, 5) is 1.25. The molecule has 2 aromatic rings. The SMILES string of the molecule is COc1ccc(NCc2sccc2Br)c(N)c1. The van der Waals surface area contributed by atoms with Crippen molar-refractivity contribution in [2.75, 3.05) is 18.2 Å². The Morgan fingerprint density at radius 3 is 2.82 bits per heavy atom. The summed E-state index contributed by atoms with van der Waals surface area (Å²) in [5, 5.41) is 5.36. The van der Waals surface area contributed by atoms with Gasteiger partial charge < -0.3 is 15.8 Å². The molecule has 17 heavy (non-hydrogen) atoms. The molecule has 0 saturated carbocycles. The van der Waals surface area contributed by atoms with Crippen molar-refractivity contribution in [1.29, 1.82) is 0 Å². The van der Waals surface area contributed by atoms with Gasteiger partial charge in [-0.05, 0) is 39.5 Å². The van der Waals surface area contributed by atoms with Crippen LogP contribution in [-0.2, 0) is 6.54 Å². The number of benzene rings is 1. The van der Waals surface area contributed by atoms with E-state index in [4.69, 9.17) is 10.5 Å². The van der Waals surface area contributed by atoms with Crippen LogP contribution in [0.3, 0.4) is 0 Å². The fraction of sp³-hybridized carbons (Fsp3) is 0.167. The number of nitrogens with two attached hydrogens (primary N) is 1. The molecule has 3 N–H and O–H groups in total. The average molecular weight is 313 g/mol. The first-order valence-corrected chi connectivity index (χ1v) is 6.77. The zero-order chi connectivity index (χ0) is 12.3. The van der Waals surface area contributed by atoms with Gasteiger partial charge in [-0.15, -0.1) is 11.3 Å². The average Bonchev–Trinajstić information content (AvgIpc) is 2.73. The molecule has 0 aliphatic rings. The summed E-state index contributed by atoms with van der Waals surface area (Å²) in [5.41, 5.74) is 7.54. The van der Waals surface area contributed by atoms with Gasteiger partial charge in [-0.3, -0.25) is 0 Å². The second-order valence-electron chi connectivity index (χ2n) is 3.50. The van der Waals surface area contributed by atoms with E-state index in [1.807, 2.05) is 24.3 Å². The summed E-state index contributed by atoms with van der Waals surface area (Å²) in [6.07, 6.45) is 0. The molecule has 0 radical (unpaired) electrons. The van der Waals surface area contributed by atoms with Crippen molar-refractivity contribution in [2.24, 2.45) is 0 Å². The topological polar surface area (TPSA) is 47.3 Å². The van der Waals surface area contributed by atoms with Gasteiger partial charge in [0.2, 0.25) is 0 Å². The number of hydrogen-bond donors (Lipinski definition) is 2. The lowest BCUT2D eigenvalue weighted by molar-refractivity contribution is 0.415. The second-order valence-corrected chi connectivity index (χ2v) is 5.35. The van der Waals surface area contributed by atoms with Gasteiger partial charge in [0.15, 0.2) is 0 Å². The van der Waals surface area contributed by atoms with Crippen LogP contribution in [0.5, 0.6) is 5.75 Å². The third kappa shape index (κ3) is 2.92. The lowest BCUT2D eigenvalue weighted by atomic mass is 10.2. The number of nitrogens with one attached hydrogen (secondary N) is 1. The van der Waals surface area contributed by atoms with E-state index in [2.05, 4.69) is 26.6 Å². The van der Waals surface area contributed by atoms with E-state index in [9.17, 15) is 0 Å². The Labute approximate surface area is 113 Å². The van der Waals surface area contributed by atoms with Gasteiger partial charge in [0, 0.05) is 15.4 Å². The molecule has 2 rings (SSSR count). The highest BCUT2D eigenvalue weighted by Crippen LogP contribution is 2.27. The highest BCUT2D eigenvalue weighted by molar-refractivity contribution is 9.10. The van der Waals surface area contributed by atoms with E-state index in [1.165, 1.54) is 4.88 Å². The van der Waals surface area contributed by atoms with Gasteiger partial charge in [-0.2, -0.15) is 0 Å². The predicted molar refractivity (Wildman–Crippen MR) is 76.8 cm³/mol. The summed E-state index contributed by atoms with van der Waals surface area (Å²) in [6, 6.07) is 7.67. The molecular weight excluding hydrogens is 300 g/mol. The third-order valence-electron chi connectivity index (χ3n) is 2.39. The van der Waals surface area contributed by atoms with Gasteiger partial charge >= 0.3 is 0 Å². The van der Waals surface area contributed by atoms with Crippen LogP contribution in [0, 0.1) is 0 Å². The molecule has 0 aliphatic heterocycles. The first kappa shape index (κ1) is 12.3. The van der Waals surface area contributed by atoms with Crippen molar-refractivity contribution in [3.63, 3.8) is 0 Å². The zero-order valence-corrected chi connectivity index (χ0v) is 11.8. The molecule has 90 valence electrons. The number of halogens is 1. The van der Waals surface area contributed by atoms with Gasteiger partial charge in [0.05, 0.1) is 25.0 Å². The van der Waals surface area contributed by atoms with Gasteiger partial charge in [-0.25, -0.2) is 0 Å². The molecule has 1 heterocycles. The Morgan fingerprint density at radius 1 is 1.41 bits per heavy atom. The summed E-state index contributed by atoms with van der Waals surface area (Å²) in [6.45, 7) is 0.759. The van der Waals surface area contributed by atoms with E-state index < -0.39 is 0 Å². The summed E-state index contributed by atoms with van der Waals surface area (Å²) in [5.74, 6) is 0.769. The maximum atomic E-state index is 5.92. The van der Waals surface area contributed by atoms with E-state index in [0.29, 0.717) is 5.69 Å². The number of anilines is 2. The predicted octanol–water partition coefficient (Wildman–Crippen LogP) is 3.71. The van der Waals surface area contributed by atoms with Crippen molar-refractivity contribution in [2.45, 2.75) is 6.54 Å². The van der Waals surface area contributed by atoms with Crippen LogP contribution in [0.15, 0.2) is 34.1 Å². The molecule has 5 heteroatoms. The molecule has 1 aromatic carbocycles. The lowest BCUT2D eigenvalue weighted by Gasteiger charge is -2.10. The number of thiophene rings is 1. The quantitative estimate of drug-likeness (QED) is 0.846. The van der Waals surface area contributed by atoms with Crippen LogP contribution in [0.4, 0.5) is 11.4 Å². The molecule has 1 aromatic heterocycles. The maximum Gasteiger partial charge on any atom is 0.121 e. The van der Waals surface area contributed by atoms with Gasteiger partial charge in [0.1, 0.15) is 5.75 Å². The van der Waals surface area contributed by atoms with Crippen molar-refractivity contribution >= 4 is 38.6 Å². The molecule has 0 unspecified atom stereocenters. The highest BCUT2D eigenvalue weighted by atomic mass is 79.9. The summed E-state index contributed by atoms with van der Waals surface area (Å²) in [7, 11) is 1.63. The number of methoxy groups -OCH3 is 1. The molecule has 0 amide bonds. The summed E-state index contributed by atoms with van der Waals surface area (Å²) >= 11 is 5.21. The number of ether oxygens (including phenoxy) is 1. The smallest absolute Gasteiger partial charge is 0.121 e. The minimum absolute atomic E-state index is 0.692. The molecular formula is C12H13BrN2OS. The minimum atomic E-state index is 0.692. The highest BCUT2D eigenvalue weighted by Gasteiger charge is 2.04. The standard InChI is InChI=1S/C12H13BrN2OS/c1-16-8-2-3-11(10(14)6-8)15-7-12-9(13)4-5-17-12/h2-6,15H,7,14H2,1H3. The summed E-state index contributed by atoms with van der Waals surface area (Å²) < 4.78 is 6.23. The normalized spacial score (nSPS) is 10.2. The number of hydrogen-bond acceptors (Lipinski definition) is 4. The molecule has 3 nitrogen and oxygen atoms in total. The second kappa shape index (κ2) is 5.42.